The van der Waals surface area contributed by atoms with Crippen LogP contribution in [-0.4, -0.2) is 10.5 Å². The molecule has 1 amide bonds. The summed E-state index contributed by atoms with van der Waals surface area (Å²) in [6.07, 6.45) is 1.88. The van der Waals surface area contributed by atoms with Crippen LogP contribution in [0.3, 0.4) is 0 Å². The lowest BCUT2D eigenvalue weighted by atomic mass is 9.85. The van der Waals surface area contributed by atoms with Gasteiger partial charge in [-0.1, -0.05) is 65.0 Å². The second-order valence-corrected chi connectivity index (χ2v) is 9.30. The van der Waals surface area contributed by atoms with Crippen LogP contribution in [0.2, 0.25) is 0 Å². The monoisotopic (exact) mass is 394 g/mol. The Morgan fingerprint density at radius 1 is 1.10 bits per heavy atom. The van der Waals surface area contributed by atoms with Gasteiger partial charge in [0.15, 0.2) is 5.82 Å². The number of carbonyl (C=O) groups is 1. The van der Waals surface area contributed by atoms with Gasteiger partial charge in [-0.15, -0.1) is 0 Å². The molecule has 0 fully saturated rings. The van der Waals surface area contributed by atoms with Gasteiger partial charge in [-0.05, 0) is 41.5 Å². The summed E-state index contributed by atoms with van der Waals surface area (Å²) in [5.41, 5.74) is 2.82. The minimum atomic E-state index is -0.457. The second-order valence-electron chi connectivity index (χ2n) is 9.30. The summed E-state index contributed by atoms with van der Waals surface area (Å²) < 4.78 is 17.1. The average Bonchev–Trinajstić information content (AvgIpc) is 3.04. The molecule has 1 heterocycles. The molecule has 3 aromatic rings. The molecule has 29 heavy (non-hydrogen) atoms. The van der Waals surface area contributed by atoms with Gasteiger partial charge in [-0.3, -0.25) is 4.79 Å². The highest BCUT2D eigenvalue weighted by molar-refractivity contribution is 5.98. The van der Waals surface area contributed by atoms with Gasteiger partial charge in [0.2, 0.25) is 0 Å². The van der Waals surface area contributed by atoms with Gasteiger partial charge < -0.3 is 9.88 Å². The maximum absolute atomic E-state index is 15.3. The van der Waals surface area contributed by atoms with Crippen molar-refractivity contribution in [2.75, 3.05) is 0 Å². The Morgan fingerprint density at radius 3 is 2.48 bits per heavy atom. The first-order valence-electron chi connectivity index (χ1n) is 10.3. The lowest BCUT2D eigenvalue weighted by Crippen LogP contribution is -2.28. The maximum Gasteiger partial charge on any atom is 0.254 e. The van der Waals surface area contributed by atoms with Crippen molar-refractivity contribution in [3.63, 3.8) is 0 Å². The van der Waals surface area contributed by atoms with Crippen molar-refractivity contribution in [3.8, 4) is 0 Å². The van der Waals surface area contributed by atoms with Crippen molar-refractivity contribution in [2.24, 2.45) is 5.92 Å². The smallest absolute Gasteiger partial charge is 0.254 e. The van der Waals surface area contributed by atoms with Crippen molar-refractivity contribution in [1.82, 2.24) is 9.88 Å². The van der Waals surface area contributed by atoms with E-state index in [1.54, 1.807) is 6.07 Å². The van der Waals surface area contributed by atoms with Gasteiger partial charge in [-0.2, -0.15) is 0 Å². The Hall–Kier alpha value is -2.62. The van der Waals surface area contributed by atoms with Crippen LogP contribution < -0.4 is 5.32 Å². The molecule has 0 bridgehead atoms. The topological polar surface area (TPSA) is 34.0 Å². The maximum atomic E-state index is 15.3. The van der Waals surface area contributed by atoms with E-state index in [9.17, 15) is 4.79 Å². The summed E-state index contributed by atoms with van der Waals surface area (Å²) in [7, 11) is 0. The Bertz CT molecular complexity index is 1030. The summed E-state index contributed by atoms with van der Waals surface area (Å²) >= 11 is 0. The third-order valence-corrected chi connectivity index (χ3v) is 5.28. The summed E-state index contributed by atoms with van der Waals surface area (Å²) in [5.74, 6) is -0.464. The molecule has 0 aliphatic carbocycles. The number of hydrogen-bond acceptors (Lipinski definition) is 1. The molecule has 4 heteroatoms. The van der Waals surface area contributed by atoms with Crippen LogP contribution in [0.15, 0.2) is 48.7 Å². The van der Waals surface area contributed by atoms with Crippen molar-refractivity contribution >= 4 is 16.8 Å². The number of nitrogens with one attached hydrogen (secondary N) is 1. The number of rotatable bonds is 5. The van der Waals surface area contributed by atoms with Crippen LogP contribution >= 0.6 is 0 Å². The fourth-order valence-electron chi connectivity index (χ4n) is 3.60. The molecule has 0 saturated heterocycles. The van der Waals surface area contributed by atoms with E-state index in [-0.39, 0.29) is 17.0 Å². The first kappa shape index (κ1) is 21.1. The zero-order valence-corrected chi connectivity index (χ0v) is 18.2. The molecular formula is C25H31FN2O. The van der Waals surface area contributed by atoms with E-state index in [1.807, 2.05) is 42.0 Å². The van der Waals surface area contributed by atoms with Crippen LogP contribution in [0.5, 0.6) is 0 Å². The van der Waals surface area contributed by atoms with Crippen molar-refractivity contribution in [2.45, 2.75) is 59.5 Å². The fourth-order valence-corrected chi connectivity index (χ4v) is 3.60. The number of halogens is 1. The molecule has 0 radical (unpaired) electrons. The molecule has 0 saturated carbocycles. The van der Waals surface area contributed by atoms with E-state index < -0.39 is 11.7 Å². The Labute approximate surface area is 172 Å². The fraction of sp³-hybridized carbons (Fsp3) is 0.400. The molecule has 2 aromatic carbocycles. The molecule has 3 nitrogen and oxygen atoms in total. The summed E-state index contributed by atoms with van der Waals surface area (Å²) in [6.45, 7) is 13.3. The van der Waals surface area contributed by atoms with Crippen LogP contribution in [0, 0.1) is 11.7 Å². The van der Waals surface area contributed by atoms with Crippen LogP contribution in [0.4, 0.5) is 4.39 Å². The highest BCUT2D eigenvalue weighted by Gasteiger charge is 2.20. The number of fused-ring (bicyclic) bond motifs is 1. The van der Waals surface area contributed by atoms with E-state index in [2.05, 4.69) is 52.1 Å². The van der Waals surface area contributed by atoms with E-state index in [4.69, 9.17) is 0 Å². The zero-order valence-electron chi connectivity index (χ0n) is 18.2. The van der Waals surface area contributed by atoms with Crippen LogP contribution in [0.1, 0.15) is 69.1 Å². The molecule has 1 aromatic heterocycles. The van der Waals surface area contributed by atoms with Gasteiger partial charge in [0.05, 0.1) is 17.1 Å². The van der Waals surface area contributed by atoms with Crippen LogP contribution in [0.25, 0.3) is 10.9 Å². The van der Waals surface area contributed by atoms with Crippen molar-refractivity contribution in [3.05, 3.63) is 71.2 Å². The summed E-state index contributed by atoms with van der Waals surface area (Å²) in [6, 6.07) is 13.3. The van der Waals surface area contributed by atoms with Gasteiger partial charge >= 0.3 is 0 Å². The lowest BCUT2D eigenvalue weighted by Gasteiger charge is -2.22. The molecule has 0 spiro atoms. The third kappa shape index (κ3) is 4.52. The molecule has 0 aliphatic rings. The summed E-state index contributed by atoms with van der Waals surface area (Å²) in [5, 5.41) is 3.77. The minimum absolute atomic E-state index is 0.0265. The zero-order chi connectivity index (χ0) is 21.3. The molecule has 0 aliphatic heterocycles. The average molecular weight is 395 g/mol. The predicted molar refractivity (Wildman–Crippen MR) is 118 cm³/mol. The van der Waals surface area contributed by atoms with Crippen LogP contribution in [-0.2, 0) is 12.0 Å². The Morgan fingerprint density at radius 2 is 1.83 bits per heavy atom. The van der Waals surface area contributed by atoms with Gasteiger partial charge in [0.1, 0.15) is 0 Å². The number of hydrogen-bond donors (Lipinski definition) is 1. The number of carbonyl (C=O) groups excluding carboxylic acids is 1. The highest BCUT2D eigenvalue weighted by Crippen LogP contribution is 2.26. The number of nitrogens with zero attached hydrogens (tertiary/aromatic N) is 1. The molecule has 1 atom stereocenters. The normalized spacial score (nSPS) is 13.1. The first-order valence-corrected chi connectivity index (χ1v) is 10.3. The van der Waals surface area contributed by atoms with Crippen molar-refractivity contribution < 1.29 is 9.18 Å². The first-order chi connectivity index (χ1) is 13.6. The van der Waals surface area contributed by atoms with E-state index in [0.717, 1.165) is 10.9 Å². The molecular weight excluding hydrogens is 363 g/mol. The standard InChI is InChI=1S/C25H31FN2O/c1-16(2)15-28-13-12-18-10-11-21(22(26)23(18)28)24(29)27-17(3)19-8-7-9-20(14-19)25(4,5)6/h7-14,16-17H,15H2,1-6H3,(H,27,29)/t17-/m0/s1. The third-order valence-electron chi connectivity index (χ3n) is 5.28. The molecule has 154 valence electrons. The Balaban J connectivity index is 1.87. The Kier molecular flexibility index (Phi) is 5.83. The molecule has 1 N–H and O–H groups in total. The largest absolute Gasteiger partial charge is 0.345 e. The summed E-state index contributed by atoms with van der Waals surface area (Å²) in [4.78, 5) is 12.9. The van der Waals surface area contributed by atoms with E-state index in [1.165, 1.54) is 5.56 Å². The number of amides is 1. The van der Waals surface area contributed by atoms with Gasteiger partial charge in [-0.25, -0.2) is 4.39 Å². The van der Waals surface area contributed by atoms with Crippen molar-refractivity contribution in [1.29, 1.82) is 0 Å². The van der Waals surface area contributed by atoms with Gasteiger partial charge in [0, 0.05) is 18.1 Å². The number of benzene rings is 2. The second kappa shape index (κ2) is 8.02. The predicted octanol–water partition coefficient (Wildman–Crippen LogP) is 6.22. The minimum Gasteiger partial charge on any atom is -0.345 e. The highest BCUT2D eigenvalue weighted by atomic mass is 19.1. The SMILES string of the molecule is CC(C)Cn1ccc2ccc(C(=O)N[C@@H](C)c3cccc(C(C)(C)C)c3)c(F)c21. The molecule has 3 rings (SSSR count). The quantitative estimate of drug-likeness (QED) is 0.547. The molecule has 0 unspecified atom stereocenters. The van der Waals surface area contributed by atoms with Gasteiger partial charge in [0.25, 0.3) is 5.91 Å². The number of aromatic nitrogens is 1. The van der Waals surface area contributed by atoms with E-state index in [0.29, 0.717) is 18.0 Å². The van der Waals surface area contributed by atoms with E-state index >= 15 is 4.39 Å². The lowest BCUT2D eigenvalue weighted by molar-refractivity contribution is 0.0936.